The van der Waals surface area contributed by atoms with Crippen LogP contribution in [0.4, 0.5) is 10.5 Å². The Labute approximate surface area is 213 Å². The summed E-state index contributed by atoms with van der Waals surface area (Å²) in [4.78, 5) is 41.5. The van der Waals surface area contributed by atoms with Crippen molar-refractivity contribution in [3.63, 3.8) is 0 Å². The molecule has 3 heterocycles. The second-order valence-corrected chi connectivity index (χ2v) is 11.7. The van der Waals surface area contributed by atoms with Crippen LogP contribution < -0.4 is 21.0 Å². The molecule has 1 aliphatic carbocycles. The van der Waals surface area contributed by atoms with Gasteiger partial charge in [0.1, 0.15) is 5.54 Å². The molecule has 10 heteroatoms. The van der Waals surface area contributed by atoms with E-state index in [0.29, 0.717) is 26.1 Å². The third-order valence-electron chi connectivity index (χ3n) is 8.68. The van der Waals surface area contributed by atoms with E-state index >= 15 is 0 Å². The Morgan fingerprint density at radius 2 is 1.81 bits per heavy atom. The maximum absolute atomic E-state index is 13.1. The number of nitrogens with one attached hydrogen (secondary N) is 2. The van der Waals surface area contributed by atoms with Crippen LogP contribution in [0.15, 0.2) is 24.3 Å². The van der Waals surface area contributed by atoms with Gasteiger partial charge in [-0.2, -0.15) is 0 Å². The predicted octanol–water partition coefficient (Wildman–Crippen LogP) is 1.79. The van der Waals surface area contributed by atoms with Crippen LogP contribution >= 0.6 is 0 Å². The van der Waals surface area contributed by atoms with Gasteiger partial charge in [-0.1, -0.05) is 12.1 Å². The van der Waals surface area contributed by atoms with Crippen molar-refractivity contribution in [2.24, 2.45) is 5.92 Å². The Kier molecular flexibility index (Phi) is 6.11. The first-order chi connectivity index (χ1) is 16.9. The first-order valence-corrected chi connectivity index (χ1v) is 13.1. The first kappa shape index (κ1) is 25.1. The van der Waals surface area contributed by atoms with Gasteiger partial charge >= 0.3 is 13.1 Å². The van der Waals surface area contributed by atoms with E-state index in [1.54, 1.807) is 0 Å². The minimum absolute atomic E-state index is 0.0291. The number of amides is 4. The molecule has 0 radical (unpaired) electrons. The van der Waals surface area contributed by atoms with E-state index in [1.165, 1.54) is 0 Å². The molecule has 36 heavy (non-hydrogen) atoms. The van der Waals surface area contributed by atoms with Crippen molar-refractivity contribution < 1.29 is 23.7 Å². The second-order valence-electron chi connectivity index (χ2n) is 11.7. The van der Waals surface area contributed by atoms with Crippen LogP contribution in [0, 0.1) is 5.92 Å². The molecule has 0 spiro atoms. The van der Waals surface area contributed by atoms with E-state index < -0.39 is 29.9 Å². The smallest absolute Gasteiger partial charge is 0.399 e. The van der Waals surface area contributed by atoms with Gasteiger partial charge in [-0.25, -0.2) is 4.79 Å². The lowest BCUT2D eigenvalue weighted by Gasteiger charge is -2.41. The summed E-state index contributed by atoms with van der Waals surface area (Å²) in [6.45, 7) is 12.3. The molecular weight excluding hydrogens is 459 g/mol. The molecule has 2 atom stereocenters. The number of rotatable bonds is 6. The Morgan fingerprint density at radius 3 is 2.39 bits per heavy atom. The summed E-state index contributed by atoms with van der Waals surface area (Å²) in [5.74, 6) is -0.131. The average Bonchev–Trinajstić information content (AvgIpc) is 3.58. The number of hydrogen-bond acceptors (Lipinski definition) is 6. The van der Waals surface area contributed by atoms with Gasteiger partial charge in [0.05, 0.1) is 11.2 Å². The Bertz CT molecular complexity index is 1060. The number of piperazine rings is 1. The topological polar surface area (TPSA) is 100 Å². The van der Waals surface area contributed by atoms with Crippen LogP contribution in [0.1, 0.15) is 60.3 Å². The van der Waals surface area contributed by atoms with E-state index in [2.05, 4.69) is 62.3 Å². The second kappa shape index (κ2) is 8.76. The molecule has 0 bridgehead atoms. The van der Waals surface area contributed by atoms with Crippen molar-refractivity contribution in [2.45, 2.75) is 83.1 Å². The SMILES string of the molecule is C[C@H]1CN(C(=O)CCC2(C3CC3)NC(=O)NC2=O)CCN1c1cccc(B2OC(C)(C)C(C)(C)O2)c1. The molecule has 1 saturated carbocycles. The highest BCUT2D eigenvalue weighted by atomic mass is 16.7. The molecule has 4 fully saturated rings. The van der Waals surface area contributed by atoms with E-state index in [1.807, 2.05) is 17.0 Å². The lowest BCUT2D eigenvalue weighted by atomic mass is 9.79. The van der Waals surface area contributed by atoms with Crippen molar-refractivity contribution in [3.05, 3.63) is 24.3 Å². The number of carbonyl (C=O) groups is 3. The molecule has 2 N–H and O–H groups in total. The van der Waals surface area contributed by atoms with Crippen LogP contribution in [-0.2, 0) is 18.9 Å². The zero-order valence-electron chi connectivity index (χ0n) is 21.9. The molecule has 1 unspecified atom stereocenters. The van der Waals surface area contributed by atoms with Crippen LogP contribution in [0.3, 0.4) is 0 Å². The lowest BCUT2D eigenvalue weighted by molar-refractivity contribution is -0.133. The number of nitrogens with zero attached hydrogens (tertiary/aromatic N) is 2. The third kappa shape index (κ3) is 4.38. The molecule has 1 aromatic carbocycles. The average molecular weight is 496 g/mol. The quantitative estimate of drug-likeness (QED) is 0.460. The highest BCUT2D eigenvalue weighted by molar-refractivity contribution is 6.62. The fourth-order valence-corrected chi connectivity index (χ4v) is 5.61. The molecule has 4 amide bonds. The normalized spacial score (nSPS) is 29.4. The fraction of sp³-hybridized carbons (Fsp3) is 0.654. The van der Waals surface area contributed by atoms with Crippen molar-refractivity contribution in [2.75, 3.05) is 24.5 Å². The summed E-state index contributed by atoms with van der Waals surface area (Å²) in [6, 6.07) is 7.94. The van der Waals surface area contributed by atoms with Crippen molar-refractivity contribution in [1.82, 2.24) is 15.5 Å². The van der Waals surface area contributed by atoms with Gasteiger partial charge in [0.15, 0.2) is 0 Å². The summed E-state index contributed by atoms with van der Waals surface area (Å²) in [5, 5.41) is 5.17. The van der Waals surface area contributed by atoms with E-state index in [-0.39, 0.29) is 30.2 Å². The molecule has 4 aliphatic rings. The van der Waals surface area contributed by atoms with E-state index in [4.69, 9.17) is 9.31 Å². The Hall–Kier alpha value is -2.59. The number of imide groups is 1. The fourth-order valence-electron chi connectivity index (χ4n) is 5.61. The van der Waals surface area contributed by atoms with E-state index in [0.717, 1.165) is 24.0 Å². The van der Waals surface area contributed by atoms with Crippen LogP contribution in [0.5, 0.6) is 0 Å². The van der Waals surface area contributed by atoms with Crippen LogP contribution in [-0.4, -0.2) is 72.3 Å². The number of benzene rings is 1. The number of anilines is 1. The zero-order chi connectivity index (χ0) is 25.9. The van der Waals surface area contributed by atoms with Crippen molar-refractivity contribution in [1.29, 1.82) is 0 Å². The molecule has 5 rings (SSSR count). The Balaban J connectivity index is 1.20. The maximum atomic E-state index is 13.1. The largest absolute Gasteiger partial charge is 0.494 e. The van der Waals surface area contributed by atoms with Gasteiger partial charge in [-0.3, -0.25) is 14.9 Å². The number of urea groups is 1. The number of carbonyl (C=O) groups excluding carboxylic acids is 3. The molecule has 194 valence electrons. The van der Waals surface area contributed by atoms with Gasteiger partial charge in [0.25, 0.3) is 5.91 Å². The highest BCUT2D eigenvalue weighted by Crippen LogP contribution is 2.44. The molecule has 3 aliphatic heterocycles. The lowest BCUT2D eigenvalue weighted by Crippen LogP contribution is -2.55. The molecular formula is C26H37BN4O5. The summed E-state index contributed by atoms with van der Waals surface area (Å²) in [5.41, 5.74) is 0.354. The van der Waals surface area contributed by atoms with Gasteiger partial charge in [-0.15, -0.1) is 0 Å². The third-order valence-corrected chi connectivity index (χ3v) is 8.68. The van der Waals surface area contributed by atoms with Crippen LogP contribution in [0.25, 0.3) is 0 Å². The summed E-state index contributed by atoms with van der Waals surface area (Å²) >= 11 is 0. The van der Waals surface area contributed by atoms with Gasteiger partial charge < -0.3 is 24.4 Å². The van der Waals surface area contributed by atoms with Crippen LogP contribution in [0.2, 0.25) is 0 Å². The van der Waals surface area contributed by atoms with Gasteiger partial charge in [-0.05, 0) is 77.4 Å². The molecule has 0 aromatic heterocycles. The minimum Gasteiger partial charge on any atom is -0.399 e. The van der Waals surface area contributed by atoms with Crippen molar-refractivity contribution in [3.8, 4) is 0 Å². The highest BCUT2D eigenvalue weighted by Gasteiger charge is 2.56. The standard InChI is InChI=1S/C26H37BN4O5/c1-17-16-30(21(32)11-12-26(18-9-10-18)22(33)28-23(34)29-26)13-14-31(17)20-8-6-7-19(15-20)27-35-24(2,3)25(4,5)36-27/h6-8,15,17-18H,9-14,16H2,1-5H3,(H2,28,29,33,34)/t17-,26?/m0/s1. The summed E-state index contributed by atoms with van der Waals surface area (Å²) in [7, 11) is -0.416. The predicted molar refractivity (Wildman–Crippen MR) is 137 cm³/mol. The van der Waals surface area contributed by atoms with Crippen molar-refractivity contribution >= 4 is 36.1 Å². The van der Waals surface area contributed by atoms with E-state index in [9.17, 15) is 14.4 Å². The zero-order valence-corrected chi connectivity index (χ0v) is 21.9. The monoisotopic (exact) mass is 496 g/mol. The summed E-state index contributed by atoms with van der Waals surface area (Å²) < 4.78 is 12.5. The summed E-state index contributed by atoms with van der Waals surface area (Å²) in [6.07, 6.45) is 2.40. The molecule has 3 saturated heterocycles. The Morgan fingerprint density at radius 1 is 1.11 bits per heavy atom. The molecule has 1 aromatic rings. The molecule has 9 nitrogen and oxygen atoms in total. The minimum atomic E-state index is -0.922. The van der Waals surface area contributed by atoms with Gasteiger partial charge in [0, 0.05) is 37.8 Å². The maximum Gasteiger partial charge on any atom is 0.494 e. The number of hydrogen-bond donors (Lipinski definition) is 2. The first-order valence-electron chi connectivity index (χ1n) is 13.1. The van der Waals surface area contributed by atoms with Gasteiger partial charge in [0.2, 0.25) is 5.91 Å².